The van der Waals surface area contributed by atoms with E-state index in [4.69, 9.17) is 17.0 Å². The molecule has 0 bridgehead atoms. The molecule has 1 fully saturated rings. The highest BCUT2D eigenvalue weighted by molar-refractivity contribution is 5.68. The van der Waals surface area contributed by atoms with Gasteiger partial charge in [0.2, 0.25) is 0 Å². The summed E-state index contributed by atoms with van der Waals surface area (Å²) in [5, 5.41) is 0. The molecule has 0 aliphatic carbocycles. The highest BCUT2D eigenvalue weighted by Gasteiger charge is 2.33. The Morgan fingerprint density at radius 3 is 2.84 bits per heavy atom. The fraction of sp³-hybridized carbons (Fsp3) is 0.786. The molecule has 0 aromatic carbocycles. The average molecular weight is 267 g/mol. The number of nitrogens with zero attached hydrogens (tertiary/aromatic N) is 1. The molecule has 5 heteroatoms. The predicted molar refractivity (Wildman–Crippen MR) is 75.1 cm³/mol. The van der Waals surface area contributed by atoms with Crippen LogP contribution in [-0.4, -0.2) is 35.7 Å². The van der Waals surface area contributed by atoms with Crippen LogP contribution in [0.4, 0.5) is 4.79 Å². The fourth-order valence-electron chi connectivity index (χ4n) is 2.30. The molecule has 3 N–H and O–H groups in total. The summed E-state index contributed by atoms with van der Waals surface area (Å²) < 4.78 is 5.37. The van der Waals surface area contributed by atoms with Gasteiger partial charge in [-0.2, -0.15) is 0 Å². The molecule has 1 amide bonds. The van der Waals surface area contributed by atoms with Crippen molar-refractivity contribution in [2.75, 3.05) is 13.1 Å². The molecule has 2 unspecified atom stereocenters. The summed E-state index contributed by atoms with van der Waals surface area (Å²) in [6.45, 7) is 7.00. The zero-order chi connectivity index (χ0) is 14.5. The Balaban J connectivity index is 2.48. The van der Waals surface area contributed by atoms with E-state index in [2.05, 4.69) is 11.3 Å². The van der Waals surface area contributed by atoms with Crippen LogP contribution in [-0.2, 0) is 4.74 Å². The van der Waals surface area contributed by atoms with E-state index in [-0.39, 0.29) is 12.1 Å². The molecule has 108 valence electrons. The third kappa shape index (κ3) is 5.09. The zero-order valence-electron chi connectivity index (χ0n) is 12.1. The largest absolute Gasteiger partial charge is 0.444 e. The van der Waals surface area contributed by atoms with Gasteiger partial charge >= 0.3 is 6.09 Å². The monoisotopic (exact) mass is 267 g/mol. The molecule has 0 radical (unpaired) electrons. The van der Waals surface area contributed by atoms with Gasteiger partial charge in [-0.25, -0.2) is 4.79 Å². The van der Waals surface area contributed by atoms with E-state index < -0.39 is 5.60 Å². The molecule has 0 spiro atoms. The maximum Gasteiger partial charge on any atom is 0.410 e. The Kier molecular flexibility index (Phi) is 5.64. The third-order valence-corrected chi connectivity index (χ3v) is 3.26. The van der Waals surface area contributed by atoms with Crippen LogP contribution in [0.1, 0.15) is 40.0 Å². The first-order valence-electron chi connectivity index (χ1n) is 6.75. The molecule has 0 aromatic rings. The van der Waals surface area contributed by atoms with Crippen LogP contribution in [0.15, 0.2) is 0 Å². The molecule has 0 saturated carbocycles. The SMILES string of the molecule is C#CCCC(NN)C1CCN(C(=O)OC(C)(C)C)C1. The molecular weight excluding hydrogens is 242 g/mol. The van der Waals surface area contributed by atoms with Crippen molar-refractivity contribution < 1.29 is 9.53 Å². The van der Waals surface area contributed by atoms with Crippen molar-refractivity contribution in [3.05, 3.63) is 0 Å². The zero-order valence-corrected chi connectivity index (χ0v) is 12.1. The maximum atomic E-state index is 12.0. The quantitative estimate of drug-likeness (QED) is 0.460. The number of carbonyl (C=O) groups is 1. The minimum Gasteiger partial charge on any atom is -0.444 e. The Morgan fingerprint density at radius 2 is 2.32 bits per heavy atom. The van der Waals surface area contributed by atoms with Crippen LogP contribution in [0.5, 0.6) is 0 Å². The molecular formula is C14H25N3O2. The van der Waals surface area contributed by atoms with Crippen LogP contribution < -0.4 is 11.3 Å². The van der Waals surface area contributed by atoms with Crippen LogP contribution in [0.2, 0.25) is 0 Å². The minimum atomic E-state index is -0.454. The van der Waals surface area contributed by atoms with Gasteiger partial charge in [-0.15, -0.1) is 12.3 Å². The van der Waals surface area contributed by atoms with Gasteiger partial charge in [0.15, 0.2) is 0 Å². The lowest BCUT2D eigenvalue weighted by Crippen LogP contribution is -2.43. The topological polar surface area (TPSA) is 67.6 Å². The lowest BCUT2D eigenvalue weighted by atomic mass is 9.95. The van der Waals surface area contributed by atoms with Crippen molar-refractivity contribution >= 4 is 6.09 Å². The maximum absolute atomic E-state index is 12.0. The van der Waals surface area contributed by atoms with Crippen molar-refractivity contribution in [2.24, 2.45) is 11.8 Å². The number of ether oxygens (including phenoxy) is 1. The summed E-state index contributed by atoms with van der Waals surface area (Å²) >= 11 is 0. The van der Waals surface area contributed by atoms with E-state index in [9.17, 15) is 4.79 Å². The van der Waals surface area contributed by atoms with Gasteiger partial charge in [-0.1, -0.05) is 0 Å². The van der Waals surface area contributed by atoms with Gasteiger partial charge in [0, 0.05) is 25.6 Å². The number of rotatable bonds is 4. The first-order valence-corrected chi connectivity index (χ1v) is 6.75. The van der Waals surface area contributed by atoms with E-state index >= 15 is 0 Å². The van der Waals surface area contributed by atoms with Crippen molar-refractivity contribution in [3.63, 3.8) is 0 Å². The highest BCUT2D eigenvalue weighted by Crippen LogP contribution is 2.23. The van der Waals surface area contributed by atoms with Crippen molar-refractivity contribution in [1.29, 1.82) is 0 Å². The van der Waals surface area contributed by atoms with Gasteiger partial charge in [0.1, 0.15) is 5.60 Å². The van der Waals surface area contributed by atoms with E-state index in [0.717, 1.165) is 12.8 Å². The van der Waals surface area contributed by atoms with Gasteiger partial charge < -0.3 is 9.64 Å². The fourth-order valence-corrected chi connectivity index (χ4v) is 2.30. The molecule has 2 atom stereocenters. The Hall–Kier alpha value is -1.25. The van der Waals surface area contributed by atoms with Crippen LogP contribution in [0, 0.1) is 18.3 Å². The molecule has 19 heavy (non-hydrogen) atoms. The Labute approximate surface area is 115 Å². The summed E-state index contributed by atoms with van der Waals surface area (Å²) in [6.07, 6.45) is 7.48. The number of nitrogens with two attached hydrogens (primary N) is 1. The summed E-state index contributed by atoms with van der Waals surface area (Å²) in [4.78, 5) is 13.7. The summed E-state index contributed by atoms with van der Waals surface area (Å²) in [7, 11) is 0. The lowest BCUT2D eigenvalue weighted by Gasteiger charge is -2.25. The Bertz CT molecular complexity index is 344. The molecule has 1 aliphatic rings. The van der Waals surface area contributed by atoms with E-state index in [1.165, 1.54) is 0 Å². The van der Waals surface area contributed by atoms with Gasteiger partial charge in [0.05, 0.1) is 0 Å². The number of amides is 1. The van der Waals surface area contributed by atoms with E-state index in [1.54, 1.807) is 4.90 Å². The summed E-state index contributed by atoms with van der Waals surface area (Å²) in [6, 6.07) is 0.156. The lowest BCUT2D eigenvalue weighted by molar-refractivity contribution is 0.0285. The molecule has 1 aliphatic heterocycles. The van der Waals surface area contributed by atoms with E-state index in [0.29, 0.717) is 25.4 Å². The number of hydrazine groups is 1. The number of likely N-dealkylation sites (tertiary alicyclic amines) is 1. The number of terminal acetylenes is 1. The Morgan fingerprint density at radius 1 is 1.63 bits per heavy atom. The van der Waals surface area contributed by atoms with Crippen molar-refractivity contribution in [2.45, 2.75) is 51.7 Å². The second-order valence-electron chi connectivity index (χ2n) is 5.99. The van der Waals surface area contributed by atoms with Gasteiger partial charge in [-0.05, 0) is 39.5 Å². The molecule has 1 saturated heterocycles. The molecule has 1 rings (SSSR count). The first-order chi connectivity index (χ1) is 8.87. The number of hydrogen-bond donors (Lipinski definition) is 2. The van der Waals surface area contributed by atoms with Crippen molar-refractivity contribution in [1.82, 2.24) is 10.3 Å². The minimum absolute atomic E-state index is 0.156. The molecule has 1 heterocycles. The average Bonchev–Trinajstić information content (AvgIpc) is 2.77. The van der Waals surface area contributed by atoms with Crippen molar-refractivity contribution in [3.8, 4) is 12.3 Å². The number of nitrogens with one attached hydrogen (secondary N) is 1. The second kappa shape index (κ2) is 6.78. The predicted octanol–water partition coefficient (Wildman–Crippen LogP) is 1.49. The third-order valence-electron chi connectivity index (χ3n) is 3.26. The smallest absolute Gasteiger partial charge is 0.410 e. The summed E-state index contributed by atoms with van der Waals surface area (Å²) in [5.41, 5.74) is 2.36. The highest BCUT2D eigenvalue weighted by atomic mass is 16.6. The molecule has 0 aromatic heterocycles. The number of hydrogen-bond acceptors (Lipinski definition) is 4. The van der Waals surface area contributed by atoms with Crippen LogP contribution in [0.25, 0.3) is 0 Å². The van der Waals surface area contributed by atoms with Gasteiger partial charge in [-0.3, -0.25) is 11.3 Å². The molecule has 5 nitrogen and oxygen atoms in total. The van der Waals surface area contributed by atoms with Crippen LogP contribution >= 0.6 is 0 Å². The van der Waals surface area contributed by atoms with Gasteiger partial charge in [0.25, 0.3) is 0 Å². The first kappa shape index (κ1) is 15.8. The summed E-state index contributed by atoms with van der Waals surface area (Å²) in [5.74, 6) is 8.52. The number of carbonyl (C=O) groups excluding carboxylic acids is 1. The van der Waals surface area contributed by atoms with Crippen LogP contribution in [0.3, 0.4) is 0 Å². The van der Waals surface area contributed by atoms with E-state index in [1.807, 2.05) is 20.8 Å². The standard InChI is InChI=1S/C14H25N3O2/c1-5-6-7-12(16-15)11-8-9-17(10-11)13(18)19-14(2,3)4/h1,11-12,16H,6-10,15H2,2-4H3. The second-order valence-corrected chi connectivity index (χ2v) is 5.99. The normalized spacial score (nSPS) is 21.0.